The van der Waals surface area contributed by atoms with Crippen LogP contribution in [-0.4, -0.2) is 29.9 Å². The van der Waals surface area contributed by atoms with Crippen LogP contribution in [0.4, 0.5) is 0 Å². The van der Waals surface area contributed by atoms with Crippen LogP contribution in [0.3, 0.4) is 0 Å². The van der Waals surface area contributed by atoms with E-state index in [2.05, 4.69) is 11.1 Å². The summed E-state index contributed by atoms with van der Waals surface area (Å²) >= 11 is 0. The first-order valence-electron chi connectivity index (χ1n) is 8.47. The first-order valence-corrected chi connectivity index (χ1v) is 8.47. The van der Waals surface area contributed by atoms with Crippen LogP contribution in [0, 0.1) is 5.92 Å². The van der Waals surface area contributed by atoms with Gasteiger partial charge in [-0.15, -0.1) is 0 Å². The van der Waals surface area contributed by atoms with Crippen LogP contribution >= 0.6 is 0 Å². The standard InChI is InChI=1S/C18H27N3O4/c1-3-12(2)16(19)18(24)21-14(17(20)23)9-10-15(22)25-11-13-7-5-4-6-8-13/h4-8,12,14,16H,3,9-11,19H2,1-2H3,(H2,20,23)(H,21,24)/p+1/t12-,14-,16+/m0/s1. The summed E-state index contributed by atoms with van der Waals surface area (Å²) in [4.78, 5) is 35.5. The van der Waals surface area contributed by atoms with Gasteiger partial charge in [0, 0.05) is 12.3 Å². The van der Waals surface area contributed by atoms with E-state index < -0.39 is 24.0 Å². The van der Waals surface area contributed by atoms with Crippen molar-refractivity contribution in [3.05, 3.63) is 35.9 Å². The molecule has 0 aromatic heterocycles. The summed E-state index contributed by atoms with van der Waals surface area (Å²) in [5, 5.41) is 2.58. The molecule has 3 atom stereocenters. The molecule has 0 heterocycles. The third kappa shape index (κ3) is 7.34. The van der Waals surface area contributed by atoms with Crippen LogP contribution in [0.2, 0.25) is 0 Å². The van der Waals surface area contributed by atoms with Crippen LogP contribution in [0.1, 0.15) is 38.7 Å². The van der Waals surface area contributed by atoms with E-state index in [1.165, 1.54) is 0 Å². The molecule has 0 unspecified atom stereocenters. The lowest BCUT2D eigenvalue weighted by Crippen LogP contribution is -2.71. The first kappa shape index (κ1) is 20.6. The highest BCUT2D eigenvalue weighted by atomic mass is 16.5. The van der Waals surface area contributed by atoms with Crippen molar-refractivity contribution < 1.29 is 24.9 Å². The highest BCUT2D eigenvalue weighted by Crippen LogP contribution is 2.07. The molecule has 1 rings (SSSR count). The molecule has 0 spiro atoms. The molecule has 6 N–H and O–H groups in total. The average Bonchev–Trinajstić information content (AvgIpc) is 2.62. The van der Waals surface area contributed by atoms with Gasteiger partial charge in [0.15, 0.2) is 6.04 Å². The summed E-state index contributed by atoms with van der Waals surface area (Å²) in [6.45, 7) is 4.05. The van der Waals surface area contributed by atoms with E-state index in [4.69, 9.17) is 10.5 Å². The zero-order chi connectivity index (χ0) is 18.8. The number of hydrogen-bond donors (Lipinski definition) is 3. The van der Waals surface area contributed by atoms with Crippen LogP contribution in [-0.2, 0) is 25.7 Å². The Morgan fingerprint density at radius 1 is 1.24 bits per heavy atom. The van der Waals surface area contributed by atoms with Crippen molar-refractivity contribution in [2.75, 3.05) is 0 Å². The third-order valence-electron chi connectivity index (χ3n) is 4.21. The lowest BCUT2D eigenvalue weighted by molar-refractivity contribution is -0.415. The molecule has 0 fully saturated rings. The maximum absolute atomic E-state index is 12.1. The van der Waals surface area contributed by atoms with Gasteiger partial charge >= 0.3 is 5.97 Å². The second-order valence-corrected chi connectivity index (χ2v) is 6.14. The minimum absolute atomic E-state index is 0.00807. The van der Waals surface area contributed by atoms with Crippen molar-refractivity contribution in [3.8, 4) is 0 Å². The molecular formula is C18H28N3O4+. The summed E-state index contributed by atoms with van der Waals surface area (Å²) in [6.07, 6.45) is 0.891. The fourth-order valence-electron chi connectivity index (χ4n) is 2.18. The summed E-state index contributed by atoms with van der Waals surface area (Å²) in [5.41, 5.74) is 10.0. The normalized spacial score (nSPS) is 14.2. The number of nitrogens with two attached hydrogens (primary N) is 1. The van der Waals surface area contributed by atoms with Gasteiger partial charge in [-0.2, -0.15) is 0 Å². The summed E-state index contributed by atoms with van der Waals surface area (Å²) in [5.74, 6) is -1.38. The van der Waals surface area contributed by atoms with Crippen molar-refractivity contribution in [2.24, 2.45) is 11.7 Å². The van der Waals surface area contributed by atoms with Gasteiger partial charge in [0.05, 0.1) is 0 Å². The second kappa shape index (κ2) is 10.5. The molecule has 0 saturated carbocycles. The number of carbonyl (C=O) groups is 3. The Bertz CT molecular complexity index is 577. The van der Waals surface area contributed by atoms with Gasteiger partial charge in [0.1, 0.15) is 12.6 Å². The molecule has 0 bridgehead atoms. The fourth-order valence-corrected chi connectivity index (χ4v) is 2.18. The molecule has 0 aliphatic carbocycles. The first-order chi connectivity index (χ1) is 11.8. The minimum Gasteiger partial charge on any atom is -0.461 e. The van der Waals surface area contributed by atoms with Crippen LogP contribution < -0.4 is 16.8 Å². The third-order valence-corrected chi connectivity index (χ3v) is 4.21. The summed E-state index contributed by atoms with van der Waals surface area (Å²) in [7, 11) is 0. The monoisotopic (exact) mass is 350 g/mol. The number of benzene rings is 1. The molecule has 7 nitrogen and oxygen atoms in total. The zero-order valence-electron chi connectivity index (χ0n) is 14.9. The second-order valence-electron chi connectivity index (χ2n) is 6.14. The maximum atomic E-state index is 12.1. The van der Waals surface area contributed by atoms with E-state index in [1.54, 1.807) is 0 Å². The SMILES string of the molecule is CC[C@H](C)[C@@H]([NH3+])C(=O)N[C@@H](CCC(=O)OCc1ccccc1)C(N)=O. The molecule has 0 saturated heterocycles. The van der Waals surface area contributed by atoms with E-state index >= 15 is 0 Å². The number of quaternary nitrogens is 1. The number of ether oxygens (including phenoxy) is 1. The van der Waals surface area contributed by atoms with Crippen molar-refractivity contribution in [1.82, 2.24) is 5.32 Å². The number of esters is 1. The van der Waals surface area contributed by atoms with Crippen molar-refractivity contribution >= 4 is 17.8 Å². The Kier molecular flexibility index (Phi) is 8.63. The highest BCUT2D eigenvalue weighted by Gasteiger charge is 2.27. The van der Waals surface area contributed by atoms with E-state index in [0.29, 0.717) is 0 Å². The number of primary amides is 1. The lowest BCUT2D eigenvalue weighted by atomic mass is 9.99. The predicted octanol–water partition coefficient (Wildman–Crippen LogP) is 0.137. The molecule has 0 aliphatic rings. The Balaban J connectivity index is 2.45. The number of hydrogen-bond acceptors (Lipinski definition) is 4. The number of amides is 2. The molecule has 1 aromatic rings. The van der Waals surface area contributed by atoms with Gasteiger partial charge < -0.3 is 21.5 Å². The van der Waals surface area contributed by atoms with Gasteiger partial charge in [-0.3, -0.25) is 14.4 Å². The molecule has 1 aromatic carbocycles. The molecule has 2 amide bonds. The predicted molar refractivity (Wildman–Crippen MR) is 92.7 cm³/mol. The van der Waals surface area contributed by atoms with Crippen LogP contribution in [0.5, 0.6) is 0 Å². The largest absolute Gasteiger partial charge is 0.461 e. The summed E-state index contributed by atoms with van der Waals surface area (Å²) < 4.78 is 5.15. The maximum Gasteiger partial charge on any atom is 0.306 e. The fraction of sp³-hybridized carbons (Fsp3) is 0.500. The minimum atomic E-state index is -0.912. The lowest BCUT2D eigenvalue weighted by Gasteiger charge is -2.19. The van der Waals surface area contributed by atoms with Crippen molar-refractivity contribution in [1.29, 1.82) is 0 Å². The zero-order valence-corrected chi connectivity index (χ0v) is 14.9. The number of carbonyl (C=O) groups excluding carboxylic acids is 3. The van der Waals surface area contributed by atoms with E-state index in [0.717, 1.165) is 12.0 Å². The Morgan fingerprint density at radius 2 is 1.88 bits per heavy atom. The van der Waals surface area contributed by atoms with E-state index in [-0.39, 0.29) is 31.3 Å². The highest BCUT2D eigenvalue weighted by molar-refractivity contribution is 5.88. The van der Waals surface area contributed by atoms with Crippen LogP contribution in [0.25, 0.3) is 0 Å². The number of nitrogens with one attached hydrogen (secondary N) is 1. The van der Waals surface area contributed by atoms with Crippen LogP contribution in [0.15, 0.2) is 30.3 Å². The van der Waals surface area contributed by atoms with Gasteiger partial charge in [0.25, 0.3) is 5.91 Å². The topological polar surface area (TPSA) is 126 Å². The molecule has 0 aliphatic heterocycles. The molecule has 0 radical (unpaired) electrons. The smallest absolute Gasteiger partial charge is 0.306 e. The van der Waals surface area contributed by atoms with Gasteiger partial charge in [0.2, 0.25) is 5.91 Å². The molecular weight excluding hydrogens is 322 g/mol. The Morgan fingerprint density at radius 3 is 2.44 bits per heavy atom. The Hall–Kier alpha value is -2.41. The van der Waals surface area contributed by atoms with E-state index in [1.807, 2.05) is 44.2 Å². The summed E-state index contributed by atoms with van der Waals surface area (Å²) in [6, 6.07) is 7.90. The van der Waals surface area contributed by atoms with Crippen molar-refractivity contribution in [2.45, 2.75) is 51.8 Å². The van der Waals surface area contributed by atoms with E-state index in [9.17, 15) is 14.4 Å². The quantitative estimate of drug-likeness (QED) is 0.519. The molecule has 138 valence electrons. The molecule has 7 heteroatoms. The van der Waals surface area contributed by atoms with Crippen molar-refractivity contribution in [3.63, 3.8) is 0 Å². The van der Waals surface area contributed by atoms with Gasteiger partial charge in [-0.05, 0) is 18.4 Å². The molecule has 25 heavy (non-hydrogen) atoms. The van der Waals surface area contributed by atoms with Gasteiger partial charge in [-0.25, -0.2) is 0 Å². The number of rotatable bonds is 10. The Labute approximate surface area is 148 Å². The van der Waals surface area contributed by atoms with Gasteiger partial charge in [-0.1, -0.05) is 44.2 Å². The average molecular weight is 350 g/mol.